The monoisotopic (exact) mass is 491 g/mol. The van der Waals surface area contributed by atoms with Crippen LogP contribution in [0.3, 0.4) is 0 Å². The Bertz CT molecular complexity index is 1050. The molecule has 1 aromatic carbocycles. The summed E-state index contributed by atoms with van der Waals surface area (Å²) in [6.45, 7) is 2.35. The average molecular weight is 492 g/mol. The number of thiophene rings is 1. The van der Waals surface area contributed by atoms with Crippen molar-refractivity contribution in [2.75, 3.05) is 25.5 Å². The van der Waals surface area contributed by atoms with Gasteiger partial charge in [0.2, 0.25) is 0 Å². The summed E-state index contributed by atoms with van der Waals surface area (Å²) < 4.78 is 5.78. The zero-order valence-corrected chi connectivity index (χ0v) is 19.8. The van der Waals surface area contributed by atoms with E-state index in [1.54, 1.807) is 55.1 Å². The zero-order chi connectivity index (χ0) is 22.5. The molecule has 32 heavy (non-hydrogen) atoms. The molecule has 3 heterocycles. The van der Waals surface area contributed by atoms with E-state index in [-0.39, 0.29) is 18.0 Å². The Kier molecular flexibility index (Phi) is 7.47. The van der Waals surface area contributed by atoms with Crippen LogP contribution in [-0.2, 0) is 6.54 Å². The van der Waals surface area contributed by atoms with E-state index in [9.17, 15) is 4.79 Å². The molecular weight excluding hydrogens is 469 g/mol. The van der Waals surface area contributed by atoms with Gasteiger partial charge in [-0.25, -0.2) is 14.8 Å². The van der Waals surface area contributed by atoms with E-state index < -0.39 is 0 Å². The number of aromatic nitrogens is 2. The number of ether oxygens (including phenoxy) is 1. The molecular formula is C22H23Cl2N5O2S. The summed E-state index contributed by atoms with van der Waals surface area (Å²) >= 11 is 13.7. The average Bonchev–Trinajstić information content (AvgIpc) is 3.23. The number of likely N-dealkylation sites (tertiary alicyclic amines) is 1. The number of anilines is 1. The Hall–Kier alpha value is -2.39. The fraction of sp³-hybridized carbons (Fsp3) is 0.318. The second-order valence-corrected chi connectivity index (χ2v) is 9.75. The lowest BCUT2D eigenvalue weighted by Gasteiger charge is -2.38. The number of carbonyl (C=O) groups is 1. The van der Waals surface area contributed by atoms with E-state index in [1.165, 1.54) is 0 Å². The third-order valence-corrected chi connectivity index (χ3v) is 6.96. The predicted molar refractivity (Wildman–Crippen MR) is 128 cm³/mol. The minimum atomic E-state index is -0.234. The third kappa shape index (κ3) is 5.89. The Morgan fingerprint density at radius 1 is 1.19 bits per heavy atom. The van der Waals surface area contributed by atoms with Gasteiger partial charge < -0.3 is 15.4 Å². The van der Waals surface area contributed by atoms with Crippen LogP contribution >= 0.6 is 34.5 Å². The first-order valence-electron chi connectivity index (χ1n) is 10.2. The Balaban J connectivity index is 1.43. The van der Waals surface area contributed by atoms with Crippen LogP contribution in [0.2, 0.25) is 9.36 Å². The number of methoxy groups -OCH3 is 1. The summed E-state index contributed by atoms with van der Waals surface area (Å²) in [6, 6.07) is 11.1. The molecule has 2 amide bonds. The highest BCUT2D eigenvalue weighted by Gasteiger charge is 2.32. The number of halogens is 2. The van der Waals surface area contributed by atoms with Crippen molar-refractivity contribution in [1.29, 1.82) is 0 Å². The van der Waals surface area contributed by atoms with E-state index in [4.69, 9.17) is 27.9 Å². The number of nitrogens with zero attached hydrogens (tertiary/aromatic N) is 3. The first kappa shape index (κ1) is 22.8. The number of nitrogens with one attached hydrogen (secondary N) is 2. The minimum absolute atomic E-state index is 0.0135. The quantitative estimate of drug-likeness (QED) is 0.505. The number of piperidine rings is 1. The molecule has 2 aromatic heterocycles. The lowest BCUT2D eigenvalue weighted by Crippen LogP contribution is -2.50. The first-order valence-corrected chi connectivity index (χ1v) is 11.7. The van der Waals surface area contributed by atoms with E-state index >= 15 is 0 Å². The standard InChI is InChI=1S/C22H23Cl2N5O2S/c1-31-22-25-10-14(11-26-22)12-29-9-8-18(17(13-29)19-6-7-20(24)32-19)28-21(30)27-16-4-2-15(23)3-5-16/h2-7,10-11,17-18H,8-9,12-13H2,1H3,(H2,27,28,30)/t17-,18-/m1/s1. The number of hydrogen-bond donors (Lipinski definition) is 2. The Morgan fingerprint density at radius 2 is 1.94 bits per heavy atom. The van der Waals surface area contributed by atoms with Crippen LogP contribution in [0, 0.1) is 0 Å². The lowest BCUT2D eigenvalue weighted by atomic mass is 9.90. The highest BCUT2D eigenvalue weighted by Crippen LogP contribution is 2.34. The summed E-state index contributed by atoms with van der Waals surface area (Å²) in [5.74, 6) is 0.122. The normalized spacial score (nSPS) is 18.8. The van der Waals surface area contributed by atoms with Gasteiger partial charge in [0.1, 0.15) is 0 Å². The number of rotatable bonds is 6. The summed E-state index contributed by atoms with van der Waals surface area (Å²) in [7, 11) is 1.55. The maximum absolute atomic E-state index is 12.7. The largest absolute Gasteiger partial charge is 0.467 e. The Labute approximate surface area is 200 Å². The summed E-state index contributed by atoms with van der Waals surface area (Å²) in [5.41, 5.74) is 1.71. The van der Waals surface area contributed by atoms with Crippen molar-refractivity contribution < 1.29 is 9.53 Å². The van der Waals surface area contributed by atoms with Gasteiger partial charge in [-0.3, -0.25) is 4.90 Å². The van der Waals surface area contributed by atoms with Crippen LogP contribution in [-0.4, -0.2) is 47.1 Å². The van der Waals surface area contributed by atoms with E-state index in [1.807, 2.05) is 12.1 Å². The molecule has 4 rings (SSSR count). The minimum Gasteiger partial charge on any atom is -0.467 e. The van der Waals surface area contributed by atoms with Crippen molar-refractivity contribution in [3.63, 3.8) is 0 Å². The van der Waals surface area contributed by atoms with Gasteiger partial charge in [0.05, 0.1) is 11.4 Å². The third-order valence-electron chi connectivity index (χ3n) is 5.35. The fourth-order valence-corrected chi connectivity index (χ4v) is 5.15. The molecule has 0 bridgehead atoms. The van der Waals surface area contributed by atoms with Crippen LogP contribution < -0.4 is 15.4 Å². The van der Waals surface area contributed by atoms with Gasteiger partial charge in [-0.1, -0.05) is 23.2 Å². The molecule has 168 valence electrons. The van der Waals surface area contributed by atoms with Gasteiger partial charge >= 0.3 is 12.0 Å². The van der Waals surface area contributed by atoms with Crippen LogP contribution in [0.4, 0.5) is 10.5 Å². The molecule has 1 saturated heterocycles. The lowest BCUT2D eigenvalue weighted by molar-refractivity contribution is 0.169. The van der Waals surface area contributed by atoms with E-state index in [0.29, 0.717) is 16.7 Å². The van der Waals surface area contributed by atoms with Crippen molar-refractivity contribution in [3.8, 4) is 6.01 Å². The van der Waals surface area contributed by atoms with Gasteiger partial charge in [0.25, 0.3) is 0 Å². The van der Waals surface area contributed by atoms with Crippen molar-refractivity contribution >= 4 is 46.3 Å². The maximum Gasteiger partial charge on any atom is 0.319 e. The molecule has 0 aliphatic carbocycles. The van der Waals surface area contributed by atoms with Crippen molar-refractivity contribution in [2.24, 2.45) is 0 Å². The molecule has 10 heteroatoms. The van der Waals surface area contributed by atoms with Crippen LogP contribution in [0.5, 0.6) is 6.01 Å². The van der Waals surface area contributed by atoms with Crippen molar-refractivity contribution in [2.45, 2.75) is 24.9 Å². The molecule has 0 spiro atoms. The highest BCUT2D eigenvalue weighted by molar-refractivity contribution is 7.16. The topological polar surface area (TPSA) is 79.4 Å². The second kappa shape index (κ2) is 10.5. The molecule has 0 radical (unpaired) electrons. The molecule has 0 saturated carbocycles. The van der Waals surface area contributed by atoms with Crippen LogP contribution in [0.1, 0.15) is 22.8 Å². The molecule has 1 aliphatic rings. The van der Waals surface area contributed by atoms with Crippen LogP contribution in [0.15, 0.2) is 48.8 Å². The van der Waals surface area contributed by atoms with Gasteiger partial charge in [-0.05, 0) is 42.8 Å². The molecule has 2 atom stereocenters. The zero-order valence-electron chi connectivity index (χ0n) is 17.4. The van der Waals surface area contributed by atoms with Gasteiger partial charge in [0, 0.05) is 65.1 Å². The number of hydrogen-bond acceptors (Lipinski definition) is 6. The van der Waals surface area contributed by atoms with E-state index in [2.05, 4.69) is 25.5 Å². The predicted octanol–water partition coefficient (Wildman–Crippen LogP) is 5.03. The van der Waals surface area contributed by atoms with E-state index in [0.717, 1.165) is 40.8 Å². The highest BCUT2D eigenvalue weighted by atomic mass is 35.5. The second-order valence-electron chi connectivity index (χ2n) is 7.56. The summed E-state index contributed by atoms with van der Waals surface area (Å²) in [5, 5.41) is 6.66. The molecule has 2 N–H and O–H groups in total. The smallest absolute Gasteiger partial charge is 0.319 e. The van der Waals surface area contributed by atoms with Gasteiger partial charge in [-0.2, -0.15) is 0 Å². The molecule has 3 aromatic rings. The Morgan fingerprint density at radius 3 is 2.59 bits per heavy atom. The number of urea groups is 1. The summed E-state index contributed by atoms with van der Waals surface area (Å²) in [6.07, 6.45) is 4.38. The van der Waals surface area contributed by atoms with Crippen molar-refractivity contribution in [1.82, 2.24) is 20.2 Å². The van der Waals surface area contributed by atoms with Crippen LogP contribution in [0.25, 0.3) is 0 Å². The van der Waals surface area contributed by atoms with Gasteiger partial charge in [0.15, 0.2) is 0 Å². The molecule has 1 aliphatic heterocycles. The van der Waals surface area contributed by atoms with Gasteiger partial charge in [-0.15, -0.1) is 11.3 Å². The number of amides is 2. The van der Waals surface area contributed by atoms with Crippen molar-refractivity contribution in [3.05, 3.63) is 68.6 Å². The summed E-state index contributed by atoms with van der Waals surface area (Å²) in [4.78, 5) is 24.5. The number of benzene rings is 1. The molecule has 1 fully saturated rings. The first-order chi connectivity index (χ1) is 15.5. The fourth-order valence-electron chi connectivity index (χ4n) is 3.81. The molecule has 7 nitrogen and oxygen atoms in total. The SMILES string of the molecule is COc1ncc(CN2CC[C@@H](NC(=O)Nc3ccc(Cl)cc3)[C@H](c3ccc(Cl)s3)C2)cn1. The molecule has 0 unspecified atom stereocenters. The number of carbonyl (C=O) groups excluding carboxylic acids is 1. The maximum atomic E-state index is 12.7.